The number of piperazine rings is 1. The maximum Gasteiger partial charge on any atom is 0.120 e. The lowest BCUT2D eigenvalue weighted by Gasteiger charge is -2.32. The van der Waals surface area contributed by atoms with E-state index >= 15 is 0 Å². The minimum Gasteiger partial charge on any atom is -0.508 e. The normalized spacial score (nSPS) is 16.8. The van der Waals surface area contributed by atoms with E-state index in [0.29, 0.717) is 5.75 Å². The first-order valence-electron chi connectivity index (χ1n) is 7.83. The summed E-state index contributed by atoms with van der Waals surface area (Å²) in [6, 6.07) is 5.98. The highest BCUT2D eigenvalue weighted by Crippen LogP contribution is 2.28. The SMILES string of the molecule is Cc1ssc(=S)c1Cc1ccc(O)c(CN2CCN(C)CC2)c1. The molecule has 6 heteroatoms. The second-order valence-corrected chi connectivity index (χ2v) is 9.23. The van der Waals surface area contributed by atoms with Crippen LogP contribution >= 0.6 is 32.9 Å². The molecule has 1 fully saturated rings. The number of hydrogen-bond acceptors (Lipinski definition) is 6. The third-order valence-corrected chi connectivity index (χ3v) is 7.72. The largest absolute Gasteiger partial charge is 0.508 e. The van der Waals surface area contributed by atoms with Crippen molar-refractivity contribution in [2.75, 3.05) is 33.2 Å². The molecule has 1 N–H and O–H groups in total. The maximum atomic E-state index is 10.2. The molecule has 2 aromatic rings. The molecule has 3 nitrogen and oxygen atoms in total. The molecule has 124 valence electrons. The van der Waals surface area contributed by atoms with Gasteiger partial charge in [0.25, 0.3) is 0 Å². The summed E-state index contributed by atoms with van der Waals surface area (Å²) >= 11 is 5.44. The Hall–Kier alpha value is -0.790. The molecular formula is C17H22N2OS3. The van der Waals surface area contributed by atoms with Gasteiger partial charge in [-0.1, -0.05) is 45.0 Å². The van der Waals surface area contributed by atoms with Gasteiger partial charge in [-0.05, 0) is 31.2 Å². The molecule has 0 saturated carbocycles. The highest BCUT2D eigenvalue weighted by molar-refractivity contribution is 7.79. The van der Waals surface area contributed by atoms with E-state index in [1.54, 1.807) is 20.7 Å². The van der Waals surface area contributed by atoms with Gasteiger partial charge in [0.2, 0.25) is 0 Å². The van der Waals surface area contributed by atoms with Crippen molar-refractivity contribution in [3.8, 4) is 5.75 Å². The highest BCUT2D eigenvalue weighted by Gasteiger charge is 2.16. The van der Waals surface area contributed by atoms with Crippen LogP contribution in [0.15, 0.2) is 18.2 Å². The van der Waals surface area contributed by atoms with Crippen LogP contribution < -0.4 is 0 Å². The van der Waals surface area contributed by atoms with Crippen molar-refractivity contribution in [1.29, 1.82) is 0 Å². The second kappa shape index (κ2) is 7.40. The van der Waals surface area contributed by atoms with E-state index in [1.165, 1.54) is 16.0 Å². The molecular weight excluding hydrogens is 344 g/mol. The zero-order valence-electron chi connectivity index (χ0n) is 13.5. The number of nitrogens with zero attached hydrogens (tertiary/aromatic N) is 2. The number of likely N-dealkylation sites (N-methyl/N-ethyl adjacent to an activating group) is 1. The quantitative estimate of drug-likeness (QED) is 0.656. The first-order valence-corrected chi connectivity index (χ1v) is 10.4. The predicted octanol–water partition coefficient (Wildman–Crippen LogP) is 3.89. The molecule has 1 aliphatic heterocycles. The Bertz CT molecular complexity index is 730. The van der Waals surface area contributed by atoms with Crippen LogP contribution in [0.2, 0.25) is 0 Å². The predicted molar refractivity (Wildman–Crippen MR) is 101 cm³/mol. The summed E-state index contributed by atoms with van der Waals surface area (Å²) in [7, 11) is 5.60. The first-order chi connectivity index (χ1) is 11.0. The molecule has 0 aliphatic carbocycles. The van der Waals surface area contributed by atoms with Crippen molar-refractivity contribution >= 4 is 32.9 Å². The molecule has 2 heterocycles. The molecule has 0 spiro atoms. The van der Waals surface area contributed by atoms with Gasteiger partial charge in [0, 0.05) is 49.6 Å². The average molecular weight is 367 g/mol. The standard InChI is InChI=1S/C17H22N2OS3/c1-12-15(17(21)23-22-12)10-13-3-4-16(20)14(9-13)11-19-7-5-18(2)6-8-19/h3-4,9,20H,5-8,10-11H2,1-2H3. The minimum absolute atomic E-state index is 0.399. The van der Waals surface area contributed by atoms with E-state index in [4.69, 9.17) is 12.2 Å². The fourth-order valence-corrected chi connectivity index (χ4v) is 5.54. The molecule has 1 aromatic heterocycles. The zero-order chi connectivity index (χ0) is 16.4. The lowest BCUT2D eigenvalue weighted by atomic mass is 10.0. The lowest BCUT2D eigenvalue weighted by molar-refractivity contribution is 0.147. The number of phenols is 1. The summed E-state index contributed by atoms with van der Waals surface area (Å²) in [6.45, 7) is 7.26. The van der Waals surface area contributed by atoms with Crippen LogP contribution in [0.1, 0.15) is 21.6 Å². The van der Waals surface area contributed by atoms with Gasteiger partial charge in [-0.3, -0.25) is 4.90 Å². The Morgan fingerprint density at radius 1 is 1.17 bits per heavy atom. The molecule has 1 aromatic carbocycles. The van der Waals surface area contributed by atoms with Crippen LogP contribution in [-0.4, -0.2) is 48.1 Å². The highest BCUT2D eigenvalue weighted by atomic mass is 32.9. The number of rotatable bonds is 4. The van der Waals surface area contributed by atoms with E-state index in [1.807, 2.05) is 12.1 Å². The summed E-state index contributed by atoms with van der Waals surface area (Å²) in [5.74, 6) is 0.399. The molecule has 0 unspecified atom stereocenters. The number of phenolic OH excluding ortho intramolecular Hbond substituents is 1. The molecule has 23 heavy (non-hydrogen) atoms. The van der Waals surface area contributed by atoms with Crippen molar-refractivity contribution in [2.24, 2.45) is 0 Å². The molecule has 0 bridgehead atoms. The molecule has 1 aliphatic rings. The smallest absolute Gasteiger partial charge is 0.120 e. The van der Waals surface area contributed by atoms with Crippen molar-refractivity contribution in [3.05, 3.63) is 43.6 Å². The second-order valence-electron chi connectivity index (χ2n) is 6.21. The Morgan fingerprint density at radius 2 is 1.91 bits per heavy atom. The first kappa shape index (κ1) is 17.0. The summed E-state index contributed by atoms with van der Waals surface area (Å²) in [5, 5.41) is 10.2. The zero-order valence-corrected chi connectivity index (χ0v) is 16.0. The topological polar surface area (TPSA) is 26.7 Å². The van der Waals surface area contributed by atoms with Crippen molar-refractivity contribution in [1.82, 2.24) is 9.80 Å². The monoisotopic (exact) mass is 366 g/mol. The van der Waals surface area contributed by atoms with Crippen LogP contribution in [0.3, 0.4) is 0 Å². The third-order valence-electron chi connectivity index (χ3n) is 4.43. The van der Waals surface area contributed by atoms with Crippen molar-refractivity contribution in [3.63, 3.8) is 0 Å². The van der Waals surface area contributed by atoms with Crippen molar-refractivity contribution in [2.45, 2.75) is 19.9 Å². The van der Waals surface area contributed by atoms with Gasteiger partial charge in [-0.25, -0.2) is 0 Å². The summed E-state index contributed by atoms with van der Waals surface area (Å²) in [6.07, 6.45) is 0.862. The third kappa shape index (κ3) is 4.19. The molecule has 0 radical (unpaired) electrons. The van der Waals surface area contributed by atoms with E-state index in [-0.39, 0.29) is 0 Å². The van der Waals surface area contributed by atoms with E-state index < -0.39 is 0 Å². The number of benzene rings is 1. The Morgan fingerprint density at radius 3 is 2.57 bits per heavy atom. The summed E-state index contributed by atoms with van der Waals surface area (Å²) < 4.78 is 1.00. The minimum atomic E-state index is 0.399. The van der Waals surface area contributed by atoms with Crippen molar-refractivity contribution < 1.29 is 5.11 Å². The fourth-order valence-electron chi connectivity index (χ4n) is 2.87. The van der Waals surface area contributed by atoms with E-state index in [9.17, 15) is 5.11 Å². The van der Waals surface area contributed by atoms with Gasteiger partial charge in [0.1, 0.15) is 9.57 Å². The van der Waals surface area contributed by atoms with Crippen LogP contribution in [0.5, 0.6) is 5.75 Å². The van der Waals surface area contributed by atoms with Crippen LogP contribution in [0.4, 0.5) is 0 Å². The molecule has 1 saturated heterocycles. The molecule has 0 atom stereocenters. The molecule has 0 amide bonds. The van der Waals surface area contributed by atoms with Crippen LogP contribution in [-0.2, 0) is 13.0 Å². The summed E-state index contributed by atoms with van der Waals surface area (Å²) in [4.78, 5) is 6.07. The van der Waals surface area contributed by atoms with Gasteiger partial charge in [-0.15, -0.1) is 0 Å². The average Bonchev–Trinajstić information content (AvgIpc) is 2.84. The number of aromatic hydroxyl groups is 1. The maximum absolute atomic E-state index is 10.2. The van der Waals surface area contributed by atoms with Crippen LogP contribution in [0.25, 0.3) is 0 Å². The van der Waals surface area contributed by atoms with E-state index in [2.05, 4.69) is 29.8 Å². The number of hydrogen-bond donors (Lipinski definition) is 1. The summed E-state index contributed by atoms with van der Waals surface area (Å²) in [5.41, 5.74) is 3.52. The van der Waals surface area contributed by atoms with Gasteiger partial charge in [0.15, 0.2) is 0 Å². The van der Waals surface area contributed by atoms with Gasteiger partial charge in [0.05, 0.1) is 0 Å². The Balaban J connectivity index is 1.75. The van der Waals surface area contributed by atoms with Gasteiger partial charge < -0.3 is 10.0 Å². The Labute approximate surface area is 150 Å². The molecule has 3 rings (SSSR count). The van der Waals surface area contributed by atoms with Gasteiger partial charge >= 0.3 is 0 Å². The Kier molecular flexibility index (Phi) is 5.49. The fraction of sp³-hybridized carbons (Fsp3) is 0.471. The number of aryl methyl sites for hydroxylation is 1. The van der Waals surface area contributed by atoms with Crippen LogP contribution in [0, 0.1) is 10.7 Å². The lowest BCUT2D eigenvalue weighted by Crippen LogP contribution is -2.43. The van der Waals surface area contributed by atoms with E-state index in [0.717, 1.165) is 48.5 Å². The van der Waals surface area contributed by atoms with Gasteiger partial charge in [-0.2, -0.15) is 0 Å².